The fourth-order valence-corrected chi connectivity index (χ4v) is 3.38. The molecule has 0 spiro atoms. The number of hydrogen-bond acceptors (Lipinski definition) is 3. The van der Waals surface area contributed by atoms with Crippen molar-refractivity contribution in [2.24, 2.45) is 17.8 Å². The van der Waals surface area contributed by atoms with Crippen LogP contribution in [0.1, 0.15) is 58.8 Å². The predicted octanol–water partition coefficient (Wildman–Crippen LogP) is 3.13. The van der Waals surface area contributed by atoms with E-state index >= 15 is 0 Å². The molecule has 1 N–H and O–H groups in total. The molecule has 0 aromatic heterocycles. The molecule has 1 aliphatic heterocycles. The summed E-state index contributed by atoms with van der Waals surface area (Å²) in [6, 6.07) is 0. The molecule has 19 heavy (non-hydrogen) atoms. The van der Waals surface area contributed by atoms with Gasteiger partial charge in [0.25, 0.3) is 0 Å². The Kier molecular flexibility index (Phi) is 5.68. The van der Waals surface area contributed by atoms with Crippen molar-refractivity contribution in [3.8, 4) is 0 Å². The van der Waals surface area contributed by atoms with Crippen LogP contribution in [-0.2, 0) is 9.53 Å². The Morgan fingerprint density at radius 3 is 2.63 bits per heavy atom. The summed E-state index contributed by atoms with van der Waals surface area (Å²) >= 11 is 0. The molecule has 0 aromatic rings. The van der Waals surface area contributed by atoms with Gasteiger partial charge in [0.05, 0.1) is 0 Å². The van der Waals surface area contributed by atoms with Crippen LogP contribution in [-0.4, -0.2) is 25.2 Å². The largest absolute Gasteiger partial charge is 0.462 e. The third-order valence-corrected chi connectivity index (χ3v) is 4.89. The van der Waals surface area contributed by atoms with Gasteiger partial charge in [0.15, 0.2) is 0 Å². The SMILES string of the molecule is CC1CCC(OC(=O)CC(C)C2CCCNC2)CC1. The molecule has 3 nitrogen and oxygen atoms in total. The molecule has 2 atom stereocenters. The van der Waals surface area contributed by atoms with Crippen molar-refractivity contribution in [1.82, 2.24) is 5.32 Å². The van der Waals surface area contributed by atoms with Gasteiger partial charge in [-0.05, 0) is 69.4 Å². The van der Waals surface area contributed by atoms with Crippen LogP contribution in [0.25, 0.3) is 0 Å². The van der Waals surface area contributed by atoms with E-state index in [9.17, 15) is 4.79 Å². The summed E-state index contributed by atoms with van der Waals surface area (Å²) in [7, 11) is 0. The zero-order valence-corrected chi connectivity index (χ0v) is 12.5. The molecule has 0 amide bonds. The number of hydrogen-bond donors (Lipinski definition) is 1. The van der Waals surface area contributed by atoms with Gasteiger partial charge in [0, 0.05) is 6.42 Å². The first-order valence-corrected chi connectivity index (χ1v) is 8.05. The fraction of sp³-hybridized carbons (Fsp3) is 0.938. The average molecular weight is 267 g/mol. The summed E-state index contributed by atoms with van der Waals surface area (Å²) in [6.45, 7) is 6.68. The first-order valence-electron chi connectivity index (χ1n) is 8.05. The van der Waals surface area contributed by atoms with Crippen molar-refractivity contribution in [3.05, 3.63) is 0 Å². The molecule has 1 aliphatic carbocycles. The summed E-state index contributed by atoms with van der Waals surface area (Å²) in [5.41, 5.74) is 0. The Balaban J connectivity index is 1.68. The van der Waals surface area contributed by atoms with Crippen LogP contribution in [0.5, 0.6) is 0 Å². The van der Waals surface area contributed by atoms with Crippen molar-refractivity contribution in [2.45, 2.75) is 64.9 Å². The molecule has 1 heterocycles. The van der Waals surface area contributed by atoms with E-state index in [0.29, 0.717) is 18.3 Å². The van der Waals surface area contributed by atoms with Gasteiger partial charge in [-0.3, -0.25) is 4.79 Å². The van der Waals surface area contributed by atoms with Crippen LogP contribution in [0.15, 0.2) is 0 Å². The van der Waals surface area contributed by atoms with E-state index < -0.39 is 0 Å². The fourth-order valence-electron chi connectivity index (χ4n) is 3.38. The van der Waals surface area contributed by atoms with Crippen LogP contribution in [0.4, 0.5) is 0 Å². The normalized spacial score (nSPS) is 33.7. The van der Waals surface area contributed by atoms with Gasteiger partial charge in [-0.2, -0.15) is 0 Å². The van der Waals surface area contributed by atoms with Crippen molar-refractivity contribution in [2.75, 3.05) is 13.1 Å². The number of esters is 1. The number of nitrogens with one attached hydrogen (secondary N) is 1. The zero-order valence-electron chi connectivity index (χ0n) is 12.5. The molecular formula is C16H29NO2. The van der Waals surface area contributed by atoms with E-state index in [4.69, 9.17) is 4.74 Å². The monoisotopic (exact) mass is 267 g/mol. The lowest BCUT2D eigenvalue weighted by Crippen LogP contribution is -2.34. The minimum atomic E-state index is 0.0256. The van der Waals surface area contributed by atoms with E-state index in [1.165, 1.54) is 25.7 Å². The molecule has 2 fully saturated rings. The van der Waals surface area contributed by atoms with Gasteiger partial charge in [-0.25, -0.2) is 0 Å². The molecule has 0 bridgehead atoms. The number of ether oxygens (including phenoxy) is 1. The topological polar surface area (TPSA) is 38.3 Å². The highest BCUT2D eigenvalue weighted by Crippen LogP contribution is 2.27. The number of rotatable bonds is 4. The molecule has 3 heteroatoms. The van der Waals surface area contributed by atoms with Crippen molar-refractivity contribution in [3.63, 3.8) is 0 Å². The minimum Gasteiger partial charge on any atom is -0.462 e. The van der Waals surface area contributed by atoms with E-state index in [0.717, 1.165) is 31.8 Å². The second kappa shape index (κ2) is 7.28. The van der Waals surface area contributed by atoms with Crippen molar-refractivity contribution >= 4 is 5.97 Å². The summed E-state index contributed by atoms with van der Waals surface area (Å²) in [5, 5.41) is 3.42. The Labute approximate surface area is 117 Å². The maximum atomic E-state index is 12.0. The van der Waals surface area contributed by atoms with Crippen LogP contribution in [0.3, 0.4) is 0 Å². The molecular weight excluding hydrogens is 238 g/mol. The molecule has 0 aromatic carbocycles. The smallest absolute Gasteiger partial charge is 0.306 e. The second-order valence-electron chi connectivity index (χ2n) is 6.66. The predicted molar refractivity (Wildman–Crippen MR) is 76.9 cm³/mol. The Bertz CT molecular complexity index is 278. The van der Waals surface area contributed by atoms with Crippen LogP contribution in [0, 0.1) is 17.8 Å². The Morgan fingerprint density at radius 2 is 2.00 bits per heavy atom. The summed E-state index contributed by atoms with van der Waals surface area (Å²) < 4.78 is 5.64. The van der Waals surface area contributed by atoms with Crippen molar-refractivity contribution < 1.29 is 9.53 Å². The van der Waals surface area contributed by atoms with Crippen LogP contribution < -0.4 is 5.32 Å². The van der Waals surface area contributed by atoms with Crippen molar-refractivity contribution in [1.29, 1.82) is 0 Å². The standard InChI is InChI=1S/C16H29NO2/c1-12-5-7-15(8-6-12)19-16(18)10-13(2)14-4-3-9-17-11-14/h12-15,17H,3-11H2,1-2H3. The summed E-state index contributed by atoms with van der Waals surface area (Å²) in [5.74, 6) is 1.93. The highest BCUT2D eigenvalue weighted by Gasteiger charge is 2.25. The molecule has 2 aliphatic rings. The van der Waals surface area contributed by atoms with E-state index in [2.05, 4.69) is 19.2 Å². The van der Waals surface area contributed by atoms with Crippen LogP contribution >= 0.6 is 0 Å². The molecule has 1 saturated heterocycles. The quantitative estimate of drug-likeness (QED) is 0.795. The highest BCUT2D eigenvalue weighted by molar-refractivity contribution is 5.69. The van der Waals surface area contributed by atoms with Crippen LogP contribution in [0.2, 0.25) is 0 Å². The average Bonchev–Trinajstić information content (AvgIpc) is 2.42. The molecule has 2 rings (SSSR count). The third kappa shape index (κ3) is 4.79. The number of carbonyl (C=O) groups is 1. The minimum absolute atomic E-state index is 0.0256. The lowest BCUT2D eigenvalue weighted by Gasteiger charge is -2.29. The van der Waals surface area contributed by atoms with Gasteiger partial charge in [-0.15, -0.1) is 0 Å². The highest BCUT2D eigenvalue weighted by atomic mass is 16.5. The van der Waals surface area contributed by atoms with Gasteiger partial charge >= 0.3 is 5.97 Å². The third-order valence-electron chi connectivity index (χ3n) is 4.89. The zero-order chi connectivity index (χ0) is 13.7. The van der Waals surface area contributed by atoms with Gasteiger partial charge in [0.2, 0.25) is 0 Å². The molecule has 110 valence electrons. The summed E-state index contributed by atoms with van der Waals surface area (Å²) in [6.07, 6.45) is 7.82. The lowest BCUT2D eigenvalue weighted by atomic mass is 9.85. The number of piperidine rings is 1. The first-order chi connectivity index (χ1) is 9.15. The maximum absolute atomic E-state index is 12.0. The van der Waals surface area contributed by atoms with E-state index in [-0.39, 0.29) is 12.1 Å². The Hall–Kier alpha value is -0.570. The molecule has 1 saturated carbocycles. The van der Waals surface area contributed by atoms with Gasteiger partial charge < -0.3 is 10.1 Å². The molecule has 2 unspecified atom stereocenters. The molecule has 0 radical (unpaired) electrons. The maximum Gasteiger partial charge on any atom is 0.306 e. The summed E-state index contributed by atoms with van der Waals surface area (Å²) in [4.78, 5) is 12.0. The van der Waals surface area contributed by atoms with Gasteiger partial charge in [0.1, 0.15) is 6.10 Å². The number of carbonyl (C=O) groups excluding carboxylic acids is 1. The first kappa shape index (κ1) is 14.8. The van der Waals surface area contributed by atoms with E-state index in [1.54, 1.807) is 0 Å². The lowest BCUT2D eigenvalue weighted by molar-refractivity contribution is -0.152. The van der Waals surface area contributed by atoms with Gasteiger partial charge in [-0.1, -0.05) is 13.8 Å². The van der Waals surface area contributed by atoms with E-state index in [1.807, 2.05) is 0 Å². The Morgan fingerprint density at radius 1 is 1.26 bits per heavy atom. The second-order valence-corrected chi connectivity index (χ2v) is 6.66.